The summed E-state index contributed by atoms with van der Waals surface area (Å²) in [6.45, 7) is 0. The van der Waals surface area contributed by atoms with E-state index in [1.54, 1.807) is 0 Å². The van der Waals surface area contributed by atoms with Gasteiger partial charge in [-0.15, -0.1) is 0 Å². The lowest BCUT2D eigenvalue weighted by atomic mass is 10.2. The van der Waals surface area contributed by atoms with Crippen LogP contribution in [0.1, 0.15) is 11.4 Å². The van der Waals surface area contributed by atoms with E-state index < -0.39 is 0 Å². The Balaban J connectivity index is 1.96. The van der Waals surface area contributed by atoms with Crippen molar-refractivity contribution in [3.05, 3.63) is 70.1 Å². The van der Waals surface area contributed by atoms with Gasteiger partial charge in [-0.25, -0.2) is 9.97 Å². The summed E-state index contributed by atoms with van der Waals surface area (Å²) in [5, 5.41) is 2.04. The molecule has 0 aliphatic heterocycles. The van der Waals surface area contributed by atoms with E-state index in [2.05, 4.69) is 9.97 Å². The van der Waals surface area contributed by atoms with Crippen molar-refractivity contribution in [1.82, 2.24) is 9.97 Å². The van der Waals surface area contributed by atoms with Crippen molar-refractivity contribution < 1.29 is 0 Å². The smallest absolute Gasteiger partial charge is 0.154 e. The van der Waals surface area contributed by atoms with Crippen LogP contribution in [0.4, 0.5) is 0 Å². The lowest BCUT2D eigenvalue weighted by Crippen LogP contribution is -1.90. The number of rotatable bonds is 2. The molecule has 0 aliphatic carbocycles. The minimum Gasteiger partial charge on any atom is -0.229 e. The number of hydrogen-bond acceptors (Lipinski definition) is 2. The zero-order valence-electron chi connectivity index (χ0n) is 10.4. The predicted octanol–water partition coefficient (Wildman–Crippen LogP) is 5.11. The van der Waals surface area contributed by atoms with E-state index in [-0.39, 0.29) is 0 Å². The average Bonchev–Trinajstić information content (AvgIpc) is 2.47. The van der Waals surface area contributed by atoms with Crippen molar-refractivity contribution >= 4 is 46.3 Å². The molecule has 0 radical (unpaired) electrons. The first-order valence-corrected chi connectivity index (χ1v) is 6.84. The molecular formula is C16H10Cl2N2. The summed E-state index contributed by atoms with van der Waals surface area (Å²) >= 11 is 12.0. The molecular weight excluding hydrogens is 291 g/mol. The van der Waals surface area contributed by atoms with E-state index in [0.29, 0.717) is 16.0 Å². The van der Waals surface area contributed by atoms with Gasteiger partial charge in [0.05, 0.1) is 5.52 Å². The highest BCUT2D eigenvalue weighted by atomic mass is 35.5. The lowest BCUT2D eigenvalue weighted by Gasteiger charge is -2.00. The Morgan fingerprint density at radius 2 is 1.55 bits per heavy atom. The number of aromatic nitrogens is 2. The maximum atomic E-state index is 6.16. The number of hydrogen-bond donors (Lipinski definition) is 0. The molecule has 0 saturated carbocycles. The normalized spacial score (nSPS) is 11.3. The summed E-state index contributed by atoms with van der Waals surface area (Å²) < 4.78 is 0. The highest BCUT2D eigenvalue weighted by Gasteiger charge is 2.02. The molecule has 0 saturated heterocycles. The SMILES string of the molecule is Clc1ccc(/C=C/c2nc(Cl)c3ccccc3n2)cc1. The first kappa shape index (κ1) is 13.1. The van der Waals surface area contributed by atoms with Crippen LogP contribution in [0.15, 0.2) is 48.5 Å². The molecule has 0 aliphatic rings. The third-order valence-electron chi connectivity index (χ3n) is 2.87. The van der Waals surface area contributed by atoms with Gasteiger partial charge in [-0.2, -0.15) is 0 Å². The van der Waals surface area contributed by atoms with Gasteiger partial charge in [-0.1, -0.05) is 53.5 Å². The van der Waals surface area contributed by atoms with Gasteiger partial charge in [0.15, 0.2) is 5.82 Å². The van der Waals surface area contributed by atoms with Crippen molar-refractivity contribution in [2.45, 2.75) is 0 Å². The first-order chi connectivity index (χ1) is 9.72. The maximum Gasteiger partial charge on any atom is 0.154 e. The zero-order valence-corrected chi connectivity index (χ0v) is 11.9. The molecule has 3 aromatic rings. The molecule has 0 unspecified atom stereocenters. The van der Waals surface area contributed by atoms with Gasteiger partial charge in [0.2, 0.25) is 0 Å². The Kier molecular flexibility index (Phi) is 3.68. The average molecular weight is 301 g/mol. The van der Waals surface area contributed by atoms with E-state index in [1.807, 2.05) is 60.7 Å². The Labute approximate surface area is 126 Å². The summed E-state index contributed by atoms with van der Waals surface area (Å²) in [6, 6.07) is 15.2. The summed E-state index contributed by atoms with van der Waals surface area (Å²) in [5.41, 5.74) is 1.87. The Hall–Kier alpha value is -1.90. The van der Waals surface area contributed by atoms with E-state index in [1.165, 1.54) is 0 Å². The van der Waals surface area contributed by atoms with Crippen molar-refractivity contribution in [3.63, 3.8) is 0 Å². The molecule has 0 atom stereocenters. The molecule has 4 heteroatoms. The molecule has 0 bridgehead atoms. The quantitative estimate of drug-likeness (QED) is 0.615. The van der Waals surface area contributed by atoms with Crippen LogP contribution in [-0.2, 0) is 0 Å². The van der Waals surface area contributed by atoms with Crippen molar-refractivity contribution in [2.75, 3.05) is 0 Å². The molecule has 0 spiro atoms. The van der Waals surface area contributed by atoms with Crippen LogP contribution in [0, 0.1) is 0 Å². The number of halogens is 2. The first-order valence-electron chi connectivity index (χ1n) is 6.08. The minimum absolute atomic E-state index is 0.464. The molecule has 0 N–H and O–H groups in total. The van der Waals surface area contributed by atoms with Crippen LogP contribution in [0.5, 0.6) is 0 Å². The van der Waals surface area contributed by atoms with Crippen molar-refractivity contribution in [1.29, 1.82) is 0 Å². The zero-order chi connectivity index (χ0) is 13.9. The molecule has 2 nitrogen and oxygen atoms in total. The van der Waals surface area contributed by atoms with E-state index >= 15 is 0 Å². The van der Waals surface area contributed by atoms with Crippen molar-refractivity contribution in [3.8, 4) is 0 Å². The highest BCUT2D eigenvalue weighted by Crippen LogP contribution is 2.20. The fourth-order valence-corrected chi connectivity index (χ4v) is 2.25. The summed E-state index contributed by atoms with van der Waals surface area (Å²) in [7, 11) is 0. The summed E-state index contributed by atoms with van der Waals surface area (Å²) in [5.74, 6) is 0.587. The Bertz CT molecular complexity index is 780. The number of nitrogens with zero attached hydrogens (tertiary/aromatic N) is 2. The Morgan fingerprint density at radius 1 is 0.800 bits per heavy atom. The second kappa shape index (κ2) is 5.61. The van der Waals surface area contributed by atoms with Crippen molar-refractivity contribution in [2.24, 2.45) is 0 Å². The molecule has 1 aromatic heterocycles. The van der Waals surface area contributed by atoms with Crippen LogP contribution in [0.2, 0.25) is 10.2 Å². The number of fused-ring (bicyclic) bond motifs is 1. The third kappa shape index (κ3) is 2.82. The molecule has 1 heterocycles. The van der Waals surface area contributed by atoms with Gasteiger partial charge in [-0.3, -0.25) is 0 Å². The van der Waals surface area contributed by atoms with Gasteiger partial charge in [0.1, 0.15) is 5.15 Å². The van der Waals surface area contributed by atoms with Crippen LogP contribution < -0.4 is 0 Å². The summed E-state index contributed by atoms with van der Waals surface area (Å²) in [4.78, 5) is 8.74. The van der Waals surface area contributed by atoms with Gasteiger partial charge in [-0.05, 0) is 35.9 Å². The number of benzene rings is 2. The fourth-order valence-electron chi connectivity index (χ4n) is 1.87. The maximum absolute atomic E-state index is 6.16. The minimum atomic E-state index is 0.464. The topological polar surface area (TPSA) is 25.8 Å². The van der Waals surface area contributed by atoms with E-state index in [4.69, 9.17) is 23.2 Å². The second-order valence-corrected chi connectivity index (χ2v) is 5.07. The predicted molar refractivity (Wildman–Crippen MR) is 84.9 cm³/mol. The molecule has 0 amide bonds. The largest absolute Gasteiger partial charge is 0.229 e. The molecule has 3 rings (SSSR count). The van der Waals surface area contributed by atoms with Crippen LogP contribution in [0.25, 0.3) is 23.1 Å². The van der Waals surface area contributed by atoms with E-state index in [9.17, 15) is 0 Å². The van der Waals surface area contributed by atoms with E-state index in [0.717, 1.165) is 16.5 Å². The standard InChI is InChI=1S/C16H10Cl2N2/c17-12-8-5-11(6-9-12)7-10-15-19-14-4-2-1-3-13(14)16(18)20-15/h1-10H/b10-7+. The molecule has 0 fully saturated rings. The third-order valence-corrected chi connectivity index (χ3v) is 3.41. The second-order valence-electron chi connectivity index (χ2n) is 4.27. The van der Waals surface area contributed by atoms with Gasteiger partial charge >= 0.3 is 0 Å². The molecule has 98 valence electrons. The van der Waals surface area contributed by atoms with Crippen LogP contribution >= 0.6 is 23.2 Å². The van der Waals surface area contributed by atoms with Gasteiger partial charge in [0.25, 0.3) is 0 Å². The van der Waals surface area contributed by atoms with Crippen LogP contribution in [-0.4, -0.2) is 9.97 Å². The van der Waals surface area contributed by atoms with Gasteiger partial charge in [0, 0.05) is 10.4 Å². The molecule has 20 heavy (non-hydrogen) atoms. The van der Waals surface area contributed by atoms with Gasteiger partial charge < -0.3 is 0 Å². The monoisotopic (exact) mass is 300 g/mol. The Morgan fingerprint density at radius 3 is 2.35 bits per heavy atom. The molecule has 2 aromatic carbocycles. The summed E-state index contributed by atoms with van der Waals surface area (Å²) in [6.07, 6.45) is 3.76. The highest BCUT2D eigenvalue weighted by molar-refractivity contribution is 6.34. The fraction of sp³-hybridized carbons (Fsp3) is 0. The number of para-hydroxylation sites is 1. The lowest BCUT2D eigenvalue weighted by molar-refractivity contribution is 1.19. The van der Waals surface area contributed by atoms with Crippen LogP contribution in [0.3, 0.4) is 0 Å².